The highest BCUT2D eigenvalue weighted by atomic mass is 32.2. The fourth-order valence-electron chi connectivity index (χ4n) is 5.59. The molecule has 0 spiro atoms. The Balaban J connectivity index is 1.35. The molecule has 3 aliphatic heterocycles. The first kappa shape index (κ1) is 30.4. The van der Waals surface area contributed by atoms with E-state index in [1.165, 1.54) is 22.5 Å². The number of rotatable bonds is 11. The highest BCUT2D eigenvalue weighted by Crippen LogP contribution is 2.33. The van der Waals surface area contributed by atoms with E-state index in [-0.39, 0.29) is 73.5 Å². The number of alkyl carbamates (subject to hydrolysis) is 1. The molecule has 2 aromatic rings. The number of carbonyl (C=O) groups is 2. The minimum Gasteiger partial charge on any atom is -0.492 e. The van der Waals surface area contributed by atoms with E-state index in [4.69, 9.17) is 18.9 Å². The van der Waals surface area contributed by atoms with Crippen LogP contribution in [0.15, 0.2) is 53.4 Å². The molecule has 228 valence electrons. The van der Waals surface area contributed by atoms with Crippen molar-refractivity contribution in [2.75, 3.05) is 32.9 Å². The second-order valence-corrected chi connectivity index (χ2v) is 13.3. The lowest BCUT2D eigenvalue weighted by atomic mass is 10.0. The van der Waals surface area contributed by atoms with Gasteiger partial charge in [0.15, 0.2) is 12.1 Å². The van der Waals surface area contributed by atoms with E-state index < -0.39 is 34.4 Å². The van der Waals surface area contributed by atoms with Crippen LogP contribution < -0.4 is 10.1 Å². The third-order valence-corrected chi connectivity index (χ3v) is 9.57. The lowest BCUT2D eigenvalue weighted by Gasteiger charge is -2.31. The van der Waals surface area contributed by atoms with Gasteiger partial charge in [-0.15, -0.1) is 0 Å². The molecule has 5 atom stereocenters. The largest absolute Gasteiger partial charge is 0.492 e. The van der Waals surface area contributed by atoms with Crippen LogP contribution in [0.1, 0.15) is 42.6 Å². The highest BCUT2D eigenvalue weighted by molar-refractivity contribution is 7.89. The number of fused-ring (bicyclic) bond motifs is 2. The van der Waals surface area contributed by atoms with E-state index in [0.717, 1.165) is 12.0 Å². The number of amides is 1. The molecule has 42 heavy (non-hydrogen) atoms. The maximum atomic E-state index is 13.9. The molecule has 0 bridgehead atoms. The minimum atomic E-state index is -4.12. The summed E-state index contributed by atoms with van der Waals surface area (Å²) in [6.45, 7) is 4.60. The van der Waals surface area contributed by atoms with E-state index in [0.29, 0.717) is 12.4 Å². The summed E-state index contributed by atoms with van der Waals surface area (Å²) in [7, 11) is -4.12. The van der Waals surface area contributed by atoms with Crippen molar-refractivity contribution in [2.24, 2.45) is 11.8 Å². The Bertz CT molecular complexity index is 1370. The van der Waals surface area contributed by atoms with Crippen LogP contribution in [-0.2, 0) is 30.7 Å². The zero-order valence-corrected chi connectivity index (χ0v) is 24.6. The molecule has 0 aliphatic carbocycles. The molecule has 0 saturated carbocycles. The van der Waals surface area contributed by atoms with Gasteiger partial charge in [-0.1, -0.05) is 44.2 Å². The van der Waals surface area contributed by atoms with Gasteiger partial charge in [0.1, 0.15) is 11.9 Å². The summed E-state index contributed by atoms with van der Waals surface area (Å²) in [5.74, 6) is 0.0600. The standard InChI is InChI=1S/C30H38N2O9S/c1-19(2)16-32(42(36,37)21-8-9-27-23(15-21)25(33)11-13-38-27)17-26(34)24(14-20-6-4-3-5-7-20)31-30(35)41-28-18-40-29-22(28)10-12-39-29/h3-9,15,19,22,24,26,28-29,34H,10-14,16-18H2,1-2H3,(H,31,35)/t22-,24-,26+,28-,29+/m0/s1. The molecule has 3 aliphatic rings. The molecule has 5 rings (SSSR count). The van der Waals surface area contributed by atoms with Crippen LogP contribution >= 0.6 is 0 Å². The molecule has 3 heterocycles. The summed E-state index contributed by atoms with van der Waals surface area (Å²) < 4.78 is 51.2. The van der Waals surface area contributed by atoms with Crippen LogP contribution in [0.5, 0.6) is 5.75 Å². The topological polar surface area (TPSA) is 141 Å². The lowest BCUT2D eigenvalue weighted by Crippen LogP contribution is -2.51. The Morgan fingerprint density at radius 1 is 1.12 bits per heavy atom. The summed E-state index contributed by atoms with van der Waals surface area (Å²) in [6, 6.07) is 12.7. The molecule has 0 radical (unpaired) electrons. The molecule has 2 aromatic carbocycles. The number of hydrogen-bond donors (Lipinski definition) is 2. The molecule has 2 N–H and O–H groups in total. The molecular formula is C30H38N2O9S. The normalized spacial score (nSPS) is 23.3. The predicted molar refractivity (Wildman–Crippen MR) is 152 cm³/mol. The Morgan fingerprint density at radius 2 is 1.90 bits per heavy atom. The van der Waals surface area contributed by atoms with Crippen molar-refractivity contribution in [3.63, 3.8) is 0 Å². The van der Waals surface area contributed by atoms with Gasteiger partial charge in [0.2, 0.25) is 10.0 Å². The summed E-state index contributed by atoms with van der Waals surface area (Å²) in [5, 5.41) is 14.2. The molecule has 0 unspecified atom stereocenters. The fourth-order valence-corrected chi connectivity index (χ4v) is 7.23. The van der Waals surface area contributed by atoms with E-state index in [2.05, 4.69) is 5.32 Å². The van der Waals surface area contributed by atoms with Gasteiger partial charge in [-0.3, -0.25) is 4.79 Å². The van der Waals surface area contributed by atoms with Crippen LogP contribution in [-0.4, -0.2) is 87.2 Å². The van der Waals surface area contributed by atoms with Gasteiger partial charge >= 0.3 is 6.09 Å². The van der Waals surface area contributed by atoms with Crippen molar-refractivity contribution >= 4 is 21.9 Å². The number of aliphatic hydroxyl groups is 1. The average Bonchev–Trinajstić information content (AvgIpc) is 3.58. The van der Waals surface area contributed by atoms with Gasteiger partial charge < -0.3 is 29.4 Å². The maximum Gasteiger partial charge on any atom is 0.407 e. The van der Waals surface area contributed by atoms with Crippen LogP contribution in [0.25, 0.3) is 0 Å². The Hall–Kier alpha value is -3.03. The van der Waals surface area contributed by atoms with Crippen molar-refractivity contribution in [3.05, 3.63) is 59.7 Å². The Kier molecular flexibility index (Phi) is 9.48. The molecule has 2 saturated heterocycles. The summed E-state index contributed by atoms with van der Waals surface area (Å²) in [5.41, 5.74) is 1.08. The average molecular weight is 603 g/mol. The van der Waals surface area contributed by atoms with E-state index >= 15 is 0 Å². The number of Topliss-reactive ketones (excluding diaryl/α,β-unsaturated/α-hetero) is 1. The first-order valence-corrected chi connectivity index (χ1v) is 15.8. The number of ketones is 1. The van der Waals surface area contributed by atoms with Crippen molar-refractivity contribution in [2.45, 2.75) is 62.5 Å². The van der Waals surface area contributed by atoms with Gasteiger partial charge in [-0.2, -0.15) is 4.31 Å². The van der Waals surface area contributed by atoms with Gasteiger partial charge in [0.25, 0.3) is 0 Å². The van der Waals surface area contributed by atoms with E-state index in [1.807, 2.05) is 44.2 Å². The van der Waals surface area contributed by atoms with Crippen LogP contribution in [0.2, 0.25) is 0 Å². The van der Waals surface area contributed by atoms with Crippen LogP contribution in [0.3, 0.4) is 0 Å². The van der Waals surface area contributed by atoms with Crippen LogP contribution in [0.4, 0.5) is 4.79 Å². The van der Waals surface area contributed by atoms with E-state index in [9.17, 15) is 23.1 Å². The Labute approximate surface area is 246 Å². The van der Waals surface area contributed by atoms with Crippen molar-refractivity contribution in [1.29, 1.82) is 0 Å². The zero-order valence-electron chi connectivity index (χ0n) is 23.8. The monoisotopic (exact) mass is 602 g/mol. The number of sulfonamides is 1. The number of nitrogens with zero attached hydrogens (tertiary/aromatic N) is 1. The predicted octanol–water partition coefficient (Wildman–Crippen LogP) is 2.76. The maximum absolute atomic E-state index is 13.9. The number of benzene rings is 2. The molecule has 2 fully saturated rings. The van der Waals surface area contributed by atoms with Gasteiger partial charge in [-0.25, -0.2) is 13.2 Å². The fraction of sp³-hybridized carbons (Fsp3) is 0.533. The minimum absolute atomic E-state index is 0.0474. The number of aliphatic hydroxyl groups excluding tert-OH is 1. The summed E-state index contributed by atoms with van der Waals surface area (Å²) in [4.78, 5) is 25.4. The molecule has 1 amide bonds. The summed E-state index contributed by atoms with van der Waals surface area (Å²) in [6.07, 6.45) is -1.71. The molecular weight excluding hydrogens is 564 g/mol. The number of hydrogen-bond acceptors (Lipinski definition) is 9. The second-order valence-electron chi connectivity index (χ2n) is 11.4. The second kappa shape index (κ2) is 13.1. The SMILES string of the molecule is CC(C)CN(C[C@@H](O)[C@H](Cc1ccccc1)NC(=O)O[C@H]1CO[C@H]2OCC[C@H]21)S(=O)(=O)c1ccc2c(c1)C(=O)CCO2. The smallest absolute Gasteiger partial charge is 0.407 e. The lowest BCUT2D eigenvalue weighted by molar-refractivity contribution is -0.0907. The van der Waals surface area contributed by atoms with Crippen LogP contribution in [0, 0.1) is 11.8 Å². The first-order valence-electron chi connectivity index (χ1n) is 14.3. The van der Waals surface area contributed by atoms with Crippen molar-refractivity contribution in [3.8, 4) is 5.75 Å². The molecule has 12 heteroatoms. The first-order chi connectivity index (χ1) is 20.1. The zero-order chi connectivity index (χ0) is 29.9. The third kappa shape index (κ3) is 6.95. The summed E-state index contributed by atoms with van der Waals surface area (Å²) >= 11 is 0. The highest BCUT2D eigenvalue weighted by Gasteiger charge is 2.44. The van der Waals surface area contributed by atoms with E-state index in [1.54, 1.807) is 0 Å². The number of carbonyl (C=O) groups excluding carboxylic acids is 2. The Morgan fingerprint density at radius 3 is 2.67 bits per heavy atom. The van der Waals surface area contributed by atoms with Crippen molar-refractivity contribution in [1.82, 2.24) is 9.62 Å². The van der Waals surface area contributed by atoms with Gasteiger partial charge in [-0.05, 0) is 42.5 Å². The molecule has 0 aromatic heterocycles. The van der Waals surface area contributed by atoms with Gasteiger partial charge in [0, 0.05) is 19.5 Å². The number of nitrogens with one attached hydrogen (secondary N) is 1. The van der Waals surface area contributed by atoms with Crippen molar-refractivity contribution < 1.29 is 42.1 Å². The molecule has 11 nitrogen and oxygen atoms in total. The quantitative estimate of drug-likeness (QED) is 0.397. The number of ether oxygens (including phenoxy) is 4. The third-order valence-electron chi connectivity index (χ3n) is 7.75. The van der Waals surface area contributed by atoms with Gasteiger partial charge in [0.05, 0.1) is 48.3 Å².